The van der Waals surface area contributed by atoms with E-state index in [1.54, 1.807) is 0 Å². The van der Waals surface area contributed by atoms with Crippen LogP contribution in [0.1, 0.15) is 47.2 Å². The molecule has 0 bridgehead atoms. The lowest BCUT2D eigenvalue weighted by Crippen LogP contribution is -2.96. The number of quaternary nitrogens is 1. The van der Waals surface area contributed by atoms with Crippen molar-refractivity contribution in [1.82, 2.24) is 0 Å². The molecular weight excluding hydrogens is 665 g/mol. The zero-order valence-corrected chi connectivity index (χ0v) is 31.3. The topological polar surface area (TPSA) is 7.68 Å². The number of para-hydroxylation sites is 3. The molecule has 0 saturated heterocycles. The molecule has 8 aromatic carbocycles. The van der Waals surface area contributed by atoms with Gasteiger partial charge in [-0.3, -0.25) is 0 Å². The minimum atomic E-state index is -0.402. The number of nitrogens with zero attached hydrogens (tertiary/aromatic N) is 1. The molecule has 1 atom stereocenters. The van der Waals surface area contributed by atoms with Gasteiger partial charge >= 0.3 is 0 Å². The highest BCUT2D eigenvalue weighted by Crippen LogP contribution is 2.63. The van der Waals surface area contributed by atoms with Gasteiger partial charge in [0.25, 0.3) is 0 Å². The highest BCUT2D eigenvalue weighted by atomic mass is 15.2. The maximum absolute atomic E-state index is 2.53. The molecule has 264 valence electrons. The molecule has 0 aromatic heterocycles. The number of fused-ring (bicyclic) bond motifs is 10. The molecule has 55 heavy (non-hydrogen) atoms. The first-order chi connectivity index (χ1) is 27.2. The maximum atomic E-state index is 2.53. The monoisotopic (exact) mass is 707 g/mol. The Morgan fingerprint density at radius 1 is 0.364 bits per heavy atom. The van der Waals surface area contributed by atoms with E-state index in [4.69, 9.17) is 0 Å². The maximum Gasteiger partial charge on any atom is 0.141 e. The summed E-state index contributed by atoms with van der Waals surface area (Å²) in [5.74, 6) is 0. The molecule has 2 aliphatic carbocycles. The molecule has 0 heterocycles. The molecule has 0 amide bonds. The van der Waals surface area contributed by atoms with Crippen LogP contribution in [0, 0.1) is 0 Å². The average Bonchev–Trinajstić information content (AvgIpc) is 3.71. The van der Waals surface area contributed by atoms with Crippen molar-refractivity contribution in [2.75, 3.05) is 4.90 Å². The summed E-state index contributed by atoms with van der Waals surface area (Å²) < 4.78 is 0. The van der Waals surface area contributed by atoms with Crippen LogP contribution in [-0.2, 0) is 18.3 Å². The summed E-state index contributed by atoms with van der Waals surface area (Å²) in [6.45, 7) is 4.54. The van der Waals surface area contributed by atoms with Crippen LogP contribution in [0.25, 0.3) is 22.3 Å². The van der Waals surface area contributed by atoms with E-state index in [0.717, 1.165) is 29.9 Å². The molecule has 10 rings (SSSR count). The second-order valence-electron chi connectivity index (χ2n) is 14.8. The van der Waals surface area contributed by atoms with Gasteiger partial charge in [-0.2, -0.15) is 0 Å². The molecule has 2 nitrogen and oxygen atoms in total. The van der Waals surface area contributed by atoms with Crippen molar-refractivity contribution in [3.05, 3.63) is 228 Å². The van der Waals surface area contributed by atoms with Crippen molar-refractivity contribution < 1.29 is 4.90 Å². The van der Waals surface area contributed by atoms with E-state index in [1.165, 1.54) is 77.6 Å². The zero-order chi connectivity index (χ0) is 36.9. The van der Waals surface area contributed by atoms with Crippen LogP contribution in [0.3, 0.4) is 0 Å². The Kier molecular flexibility index (Phi) is 8.08. The quantitative estimate of drug-likeness (QED) is 0.165. The molecule has 0 fully saturated rings. The van der Waals surface area contributed by atoms with E-state index < -0.39 is 5.41 Å². The number of anilines is 3. The summed E-state index contributed by atoms with van der Waals surface area (Å²) >= 11 is 0. The van der Waals surface area contributed by atoms with Crippen molar-refractivity contribution in [2.45, 2.75) is 32.1 Å². The molecule has 1 unspecified atom stereocenters. The van der Waals surface area contributed by atoms with Gasteiger partial charge in [-0.25, -0.2) is 4.90 Å². The minimum Gasteiger partial charge on any atom is -0.310 e. The van der Waals surface area contributed by atoms with Gasteiger partial charge in [-0.05, 0) is 123 Å². The van der Waals surface area contributed by atoms with Gasteiger partial charge in [0, 0.05) is 41.3 Å². The van der Waals surface area contributed by atoms with Crippen molar-refractivity contribution in [1.29, 1.82) is 0 Å². The summed E-state index contributed by atoms with van der Waals surface area (Å²) in [6, 6.07) is 72.2. The van der Waals surface area contributed by atoms with Crippen molar-refractivity contribution in [3.8, 4) is 22.3 Å². The number of nitrogens with one attached hydrogen (secondary N) is 1. The standard InChI is InChI=1S/C53H42N2/c1-3-37-24-31-46-47-32-25-38(4-2)35-51(47)53(50(46)34-37)49-23-15-14-22-45(49)48-33-30-44(36-52(48)53)55(41-20-12-7-13-21-41)43-28-26-42(27-29-43)54(39-16-8-5-9-17-39)40-18-10-6-11-19-40/h5-36H,3-4H2,1-2H3/p+1. The van der Waals surface area contributed by atoms with Crippen LogP contribution in [0.5, 0.6) is 0 Å². The Hall–Kier alpha value is -6.48. The molecular formula is C53H43N2+. The predicted molar refractivity (Wildman–Crippen MR) is 229 cm³/mol. The molecule has 0 radical (unpaired) electrons. The third-order valence-electron chi connectivity index (χ3n) is 11.9. The summed E-state index contributed by atoms with van der Waals surface area (Å²) in [5, 5.41) is 0. The van der Waals surface area contributed by atoms with Gasteiger partial charge in [0.2, 0.25) is 0 Å². The molecule has 2 heteroatoms. The van der Waals surface area contributed by atoms with Crippen LogP contribution < -0.4 is 9.80 Å². The van der Waals surface area contributed by atoms with E-state index >= 15 is 0 Å². The number of benzene rings is 8. The van der Waals surface area contributed by atoms with Crippen LogP contribution in [0.2, 0.25) is 0 Å². The molecule has 8 aromatic rings. The fourth-order valence-corrected chi connectivity index (χ4v) is 9.36. The van der Waals surface area contributed by atoms with Crippen LogP contribution in [0.4, 0.5) is 34.1 Å². The van der Waals surface area contributed by atoms with E-state index in [0.29, 0.717) is 0 Å². The van der Waals surface area contributed by atoms with Crippen molar-refractivity contribution in [3.63, 3.8) is 0 Å². The van der Waals surface area contributed by atoms with Gasteiger partial charge < -0.3 is 4.90 Å². The van der Waals surface area contributed by atoms with E-state index in [-0.39, 0.29) is 0 Å². The third-order valence-corrected chi connectivity index (χ3v) is 11.9. The first kappa shape index (κ1) is 33.1. The number of hydrogen-bond acceptors (Lipinski definition) is 1. The highest BCUT2D eigenvalue weighted by molar-refractivity contribution is 5.95. The largest absolute Gasteiger partial charge is 0.310 e. The molecule has 1 N–H and O–H groups in total. The summed E-state index contributed by atoms with van der Waals surface area (Å²) in [7, 11) is 0. The lowest BCUT2D eigenvalue weighted by Gasteiger charge is -2.31. The number of rotatable bonds is 8. The average molecular weight is 708 g/mol. The molecule has 2 aliphatic rings. The summed E-state index contributed by atoms with van der Waals surface area (Å²) in [6.07, 6.45) is 2.00. The zero-order valence-electron chi connectivity index (χ0n) is 31.3. The lowest BCUT2D eigenvalue weighted by molar-refractivity contribution is -0.681. The fourth-order valence-electron chi connectivity index (χ4n) is 9.36. The normalized spacial score (nSPS) is 13.5. The second-order valence-corrected chi connectivity index (χ2v) is 14.8. The minimum absolute atomic E-state index is 0.402. The Labute approximate surface area is 324 Å². The third kappa shape index (κ3) is 5.21. The summed E-state index contributed by atoms with van der Waals surface area (Å²) in [4.78, 5) is 3.56. The smallest absolute Gasteiger partial charge is 0.141 e. The predicted octanol–water partition coefficient (Wildman–Crippen LogP) is 12.8. The Bertz CT molecular complexity index is 2570. The van der Waals surface area contributed by atoms with Crippen LogP contribution in [-0.4, -0.2) is 0 Å². The van der Waals surface area contributed by atoms with Gasteiger partial charge in [0.05, 0.1) is 5.41 Å². The van der Waals surface area contributed by atoms with Gasteiger partial charge in [-0.15, -0.1) is 0 Å². The molecule has 0 aliphatic heterocycles. The first-order valence-electron chi connectivity index (χ1n) is 19.6. The summed E-state index contributed by atoms with van der Waals surface area (Å²) in [5.41, 5.74) is 20.3. The SMILES string of the molecule is CCc1ccc2c(c1)C1(c3ccccc3-c3ccc([NH+](c4ccccc4)c4ccc(N(c5ccccc5)c5ccccc5)cc4)cc31)c1cc(CC)ccc1-2. The van der Waals surface area contributed by atoms with E-state index in [9.17, 15) is 0 Å². The Morgan fingerprint density at radius 2 is 0.782 bits per heavy atom. The van der Waals surface area contributed by atoms with Crippen molar-refractivity contribution >= 4 is 34.1 Å². The highest BCUT2D eigenvalue weighted by Gasteiger charge is 2.52. The molecule has 1 spiro atoms. The molecule has 0 saturated carbocycles. The van der Waals surface area contributed by atoms with E-state index in [1.807, 2.05) is 0 Å². The van der Waals surface area contributed by atoms with Crippen LogP contribution >= 0.6 is 0 Å². The van der Waals surface area contributed by atoms with Crippen LogP contribution in [0.15, 0.2) is 194 Å². The number of hydrogen-bond donors (Lipinski definition) is 1. The van der Waals surface area contributed by atoms with E-state index in [2.05, 4.69) is 213 Å². The van der Waals surface area contributed by atoms with Gasteiger partial charge in [0.15, 0.2) is 0 Å². The fraction of sp³-hybridized carbons (Fsp3) is 0.0943. The number of aryl methyl sites for hydroxylation is 2. The van der Waals surface area contributed by atoms with Crippen molar-refractivity contribution in [2.24, 2.45) is 0 Å². The first-order valence-corrected chi connectivity index (χ1v) is 19.6. The lowest BCUT2D eigenvalue weighted by atomic mass is 9.70. The Morgan fingerprint density at radius 3 is 1.35 bits per heavy atom. The Balaban J connectivity index is 1.17. The second kappa shape index (κ2) is 13.4. The van der Waals surface area contributed by atoms with Gasteiger partial charge in [0.1, 0.15) is 17.1 Å². The van der Waals surface area contributed by atoms with Gasteiger partial charge in [-0.1, -0.05) is 129 Å².